The van der Waals surface area contributed by atoms with Crippen LogP contribution < -0.4 is 14.9 Å². The van der Waals surface area contributed by atoms with Crippen LogP contribution in [0.3, 0.4) is 0 Å². The summed E-state index contributed by atoms with van der Waals surface area (Å²) in [5.74, 6) is -1.62. The maximum absolute atomic E-state index is 13.4. The molecule has 2 aromatic carbocycles. The van der Waals surface area contributed by atoms with Gasteiger partial charge < -0.3 is 13.9 Å². The minimum absolute atomic E-state index is 0.0753. The first-order valence-corrected chi connectivity index (χ1v) is 7.32. The summed E-state index contributed by atoms with van der Waals surface area (Å²) >= 11 is 0. The summed E-state index contributed by atoms with van der Waals surface area (Å²) < 4.78 is 68.5. The predicted molar refractivity (Wildman–Crippen MR) is 86.0 cm³/mol. The molecule has 0 saturated carbocycles. The summed E-state index contributed by atoms with van der Waals surface area (Å²) in [5, 5.41) is -0.355. The van der Waals surface area contributed by atoms with Gasteiger partial charge in [0.2, 0.25) is 0 Å². The van der Waals surface area contributed by atoms with Crippen LogP contribution in [0.5, 0.6) is 11.5 Å². The molecule has 0 amide bonds. The molecule has 0 aliphatic carbocycles. The van der Waals surface area contributed by atoms with Gasteiger partial charge >= 0.3 is 6.18 Å². The summed E-state index contributed by atoms with van der Waals surface area (Å²) in [6.45, 7) is 0. The highest BCUT2D eigenvalue weighted by Crippen LogP contribution is 2.46. The first kappa shape index (κ1) is 17.8. The average molecular weight is 368 g/mol. The maximum Gasteiger partial charge on any atom is 0.423 e. The van der Waals surface area contributed by atoms with Crippen molar-refractivity contribution in [3.8, 4) is 22.8 Å². The minimum Gasteiger partial charge on any atom is -0.496 e. The van der Waals surface area contributed by atoms with E-state index >= 15 is 0 Å². The third-order valence-corrected chi connectivity index (χ3v) is 3.77. The molecule has 0 bridgehead atoms. The Labute approximate surface area is 144 Å². The van der Waals surface area contributed by atoms with Crippen molar-refractivity contribution < 1.29 is 31.5 Å². The van der Waals surface area contributed by atoms with Crippen LogP contribution in [0.25, 0.3) is 22.3 Å². The molecule has 26 heavy (non-hydrogen) atoms. The number of alkyl halides is 3. The molecule has 0 saturated heterocycles. The summed E-state index contributed by atoms with van der Waals surface area (Å²) in [6, 6.07) is 7.14. The Hall–Kier alpha value is -3.03. The Bertz CT molecular complexity index is 1020. The van der Waals surface area contributed by atoms with E-state index < -0.39 is 34.5 Å². The summed E-state index contributed by atoms with van der Waals surface area (Å²) in [6.07, 6.45) is -4.80. The molecule has 4 nitrogen and oxygen atoms in total. The molecule has 0 fully saturated rings. The number of fused-ring (bicyclic) bond motifs is 1. The van der Waals surface area contributed by atoms with E-state index in [0.717, 1.165) is 26.4 Å². The van der Waals surface area contributed by atoms with E-state index in [1.165, 1.54) is 24.3 Å². The van der Waals surface area contributed by atoms with Gasteiger partial charge in [-0.3, -0.25) is 4.79 Å². The van der Waals surface area contributed by atoms with E-state index in [9.17, 15) is 22.4 Å². The SMILES string of the molecule is COc1cc2oc(-c3ccc(F)cc3)cc(=O)c2c(OC)c1C(F)(F)F. The van der Waals surface area contributed by atoms with Crippen molar-refractivity contribution in [1.29, 1.82) is 0 Å². The largest absolute Gasteiger partial charge is 0.496 e. The summed E-state index contributed by atoms with van der Waals surface area (Å²) in [7, 11) is 2.09. The Kier molecular flexibility index (Phi) is 4.35. The van der Waals surface area contributed by atoms with Crippen molar-refractivity contribution in [2.75, 3.05) is 14.2 Å². The van der Waals surface area contributed by atoms with E-state index in [0.29, 0.717) is 5.56 Å². The highest BCUT2D eigenvalue weighted by atomic mass is 19.4. The molecular weight excluding hydrogens is 356 g/mol. The van der Waals surface area contributed by atoms with Crippen LogP contribution in [0, 0.1) is 5.82 Å². The lowest BCUT2D eigenvalue weighted by Gasteiger charge is -2.17. The molecule has 0 aliphatic rings. The smallest absolute Gasteiger partial charge is 0.423 e. The number of hydrogen-bond acceptors (Lipinski definition) is 4. The summed E-state index contributed by atoms with van der Waals surface area (Å²) in [5.41, 5.74) is -1.67. The molecular formula is C18H12F4O4. The predicted octanol–water partition coefficient (Wildman–Crippen LogP) is 4.64. The monoisotopic (exact) mass is 368 g/mol. The molecule has 136 valence electrons. The van der Waals surface area contributed by atoms with Crippen LogP contribution in [0.15, 0.2) is 45.6 Å². The molecule has 1 aromatic heterocycles. The Balaban J connectivity index is 2.36. The molecule has 0 N–H and O–H groups in total. The second-order valence-corrected chi connectivity index (χ2v) is 5.34. The molecule has 0 radical (unpaired) electrons. The fourth-order valence-electron chi connectivity index (χ4n) is 2.66. The van der Waals surface area contributed by atoms with Crippen molar-refractivity contribution in [1.82, 2.24) is 0 Å². The Morgan fingerprint density at radius 3 is 2.19 bits per heavy atom. The van der Waals surface area contributed by atoms with Gasteiger partial charge in [-0.1, -0.05) is 0 Å². The van der Waals surface area contributed by atoms with E-state index in [2.05, 4.69) is 0 Å². The van der Waals surface area contributed by atoms with E-state index in [1.54, 1.807) is 0 Å². The van der Waals surface area contributed by atoms with Crippen molar-refractivity contribution in [3.05, 3.63) is 58.0 Å². The number of methoxy groups -OCH3 is 2. The van der Waals surface area contributed by atoms with Crippen molar-refractivity contribution in [2.45, 2.75) is 6.18 Å². The van der Waals surface area contributed by atoms with Gasteiger partial charge in [-0.25, -0.2) is 4.39 Å². The number of hydrogen-bond donors (Lipinski definition) is 0. The highest BCUT2D eigenvalue weighted by Gasteiger charge is 2.40. The van der Waals surface area contributed by atoms with Crippen LogP contribution in [0.4, 0.5) is 17.6 Å². The van der Waals surface area contributed by atoms with Crippen LogP contribution in [-0.2, 0) is 6.18 Å². The van der Waals surface area contributed by atoms with Gasteiger partial charge in [-0.05, 0) is 24.3 Å². The number of rotatable bonds is 3. The first-order valence-electron chi connectivity index (χ1n) is 7.32. The lowest BCUT2D eigenvalue weighted by Crippen LogP contribution is -2.13. The zero-order chi connectivity index (χ0) is 19.1. The molecule has 3 aromatic rings. The van der Waals surface area contributed by atoms with Crippen molar-refractivity contribution in [2.24, 2.45) is 0 Å². The molecule has 1 heterocycles. The van der Waals surface area contributed by atoms with Crippen LogP contribution in [-0.4, -0.2) is 14.2 Å². The van der Waals surface area contributed by atoms with Gasteiger partial charge in [0.25, 0.3) is 0 Å². The van der Waals surface area contributed by atoms with E-state index in [1.807, 2.05) is 0 Å². The Morgan fingerprint density at radius 1 is 1.00 bits per heavy atom. The second kappa shape index (κ2) is 6.36. The van der Waals surface area contributed by atoms with E-state index in [-0.39, 0.29) is 16.7 Å². The maximum atomic E-state index is 13.4. The first-order chi connectivity index (χ1) is 12.3. The normalized spacial score (nSPS) is 11.6. The van der Waals surface area contributed by atoms with Crippen molar-refractivity contribution >= 4 is 11.0 Å². The average Bonchev–Trinajstić information content (AvgIpc) is 2.59. The van der Waals surface area contributed by atoms with Gasteiger partial charge in [-0.2, -0.15) is 13.2 Å². The Morgan fingerprint density at radius 2 is 1.65 bits per heavy atom. The number of ether oxygens (including phenoxy) is 2. The molecule has 8 heteroatoms. The fraction of sp³-hybridized carbons (Fsp3) is 0.167. The molecule has 0 aliphatic heterocycles. The van der Waals surface area contributed by atoms with Gasteiger partial charge in [-0.15, -0.1) is 0 Å². The van der Waals surface area contributed by atoms with E-state index in [4.69, 9.17) is 13.9 Å². The lowest BCUT2D eigenvalue weighted by atomic mass is 10.1. The topological polar surface area (TPSA) is 48.7 Å². The standard InChI is InChI=1S/C18H12F4O4/c1-24-14-8-13-15(17(25-2)16(14)18(20,21)22)11(23)7-12(26-13)9-3-5-10(19)6-4-9/h3-8H,1-2H3. The quantitative estimate of drug-likeness (QED) is 0.632. The lowest BCUT2D eigenvalue weighted by molar-refractivity contribution is -0.139. The van der Waals surface area contributed by atoms with Crippen LogP contribution in [0.1, 0.15) is 5.56 Å². The molecule has 0 spiro atoms. The zero-order valence-corrected chi connectivity index (χ0v) is 13.6. The van der Waals surface area contributed by atoms with Crippen molar-refractivity contribution in [3.63, 3.8) is 0 Å². The number of benzene rings is 2. The molecule has 0 unspecified atom stereocenters. The van der Waals surface area contributed by atoms with Crippen LogP contribution >= 0.6 is 0 Å². The minimum atomic E-state index is -4.80. The van der Waals surface area contributed by atoms with Gasteiger partial charge in [0.05, 0.1) is 14.2 Å². The molecule has 0 atom stereocenters. The second-order valence-electron chi connectivity index (χ2n) is 5.34. The highest BCUT2D eigenvalue weighted by molar-refractivity contribution is 5.88. The zero-order valence-electron chi connectivity index (χ0n) is 13.6. The third kappa shape index (κ3) is 2.98. The summed E-state index contributed by atoms with van der Waals surface area (Å²) in [4.78, 5) is 12.5. The van der Waals surface area contributed by atoms with Crippen LogP contribution in [0.2, 0.25) is 0 Å². The third-order valence-electron chi connectivity index (χ3n) is 3.77. The fourth-order valence-corrected chi connectivity index (χ4v) is 2.66. The van der Waals surface area contributed by atoms with Gasteiger partial charge in [0.1, 0.15) is 39.6 Å². The van der Waals surface area contributed by atoms with Gasteiger partial charge in [0.15, 0.2) is 5.43 Å². The van der Waals surface area contributed by atoms with Gasteiger partial charge in [0, 0.05) is 17.7 Å². The molecule has 3 rings (SSSR count). The number of halogens is 4.